The summed E-state index contributed by atoms with van der Waals surface area (Å²) in [7, 11) is -3.74. The number of carbonyl (C=O) groups excluding carboxylic acids is 2. The van der Waals surface area contributed by atoms with E-state index < -0.39 is 45.0 Å². The molecule has 0 aromatic heterocycles. The number of benzene rings is 2. The molecule has 1 heterocycles. The number of rotatable bonds is 12. The average molecular weight is 581 g/mol. The van der Waals surface area contributed by atoms with Crippen LogP contribution in [0.4, 0.5) is 0 Å². The standard InChI is InChI=1S/C26H32N2O7S3/c1-3-13-27(14-4-2)38(34,35)18-11-9-17(10-12-18)23(30)20(15-36)24(31)28-21(26(32)33)16-37-25(28)19-7-5-6-8-22(19)29/h5-12,20-21,25,29,36H,3-4,13-16H2,1-2H3,(H,32,33)/t20-,21-,25+/m0/s1. The Kier molecular flexibility index (Phi) is 10.3. The Balaban J connectivity index is 1.90. The lowest BCUT2D eigenvalue weighted by atomic mass is 9.96. The molecule has 1 fully saturated rings. The maximum absolute atomic E-state index is 13.7. The van der Waals surface area contributed by atoms with Crippen molar-refractivity contribution in [2.75, 3.05) is 24.6 Å². The molecule has 0 aliphatic carbocycles. The summed E-state index contributed by atoms with van der Waals surface area (Å²) in [5, 5.41) is 19.3. The van der Waals surface area contributed by atoms with E-state index in [0.717, 1.165) is 4.90 Å². The molecule has 1 aliphatic heterocycles. The van der Waals surface area contributed by atoms with Gasteiger partial charge >= 0.3 is 5.97 Å². The number of Topliss-reactive ketones (excluding diaryl/α,β-unsaturated/α-hetero) is 1. The minimum absolute atomic E-state index is 0.0474. The Morgan fingerprint density at radius 3 is 2.21 bits per heavy atom. The molecule has 9 nitrogen and oxygen atoms in total. The van der Waals surface area contributed by atoms with E-state index >= 15 is 0 Å². The van der Waals surface area contributed by atoms with Gasteiger partial charge in [-0.15, -0.1) is 11.8 Å². The van der Waals surface area contributed by atoms with Gasteiger partial charge in [-0.1, -0.05) is 44.2 Å². The number of para-hydroxylation sites is 1. The van der Waals surface area contributed by atoms with Crippen LogP contribution in [0.3, 0.4) is 0 Å². The van der Waals surface area contributed by atoms with Gasteiger partial charge in [-0.3, -0.25) is 9.59 Å². The number of nitrogens with zero attached hydrogens (tertiary/aromatic N) is 2. The minimum Gasteiger partial charge on any atom is -0.508 e. The molecular formula is C26H32N2O7S3. The van der Waals surface area contributed by atoms with E-state index in [0.29, 0.717) is 31.5 Å². The number of sulfonamides is 1. The summed E-state index contributed by atoms with van der Waals surface area (Å²) in [6, 6.07) is 10.6. The third-order valence-electron chi connectivity index (χ3n) is 6.26. The molecule has 2 aromatic carbocycles. The maximum atomic E-state index is 13.7. The highest BCUT2D eigenvalue weighted by Gasteiger charge is 2.46. The van der Waals surface area contributed by atoms with Gasteiger partial charge in [-0.05, 0) is 31.0 Å². The molecule has 0 bridgehead atoms. The second kappa shape index (κ2) is 13.0. The maximum Gasteiger partial charge on any atom is 0.327 e. The highest BCUT2D eigenvalue weighted by Crippen LogP contribution is 2.45. The third kappa shape index (κ3) is 6.19. The van der Waals surface area contributed by atoms with Gasteiger partial charge in [-0.25, -0.2) is 13.2 Å². The highest BCUT2D eigenvalue weighted by molar-refractivity contribution is 7.99. The van der Waals surface area contributed by atoms with Crippen LogP contribution in [-0.4, -0.2) is 76.1 Å². The van der Waals surface area contributed by atoms with E-state index in [4.69, 9.17) is 0 Å². The highest BCUT2D eigenvalue weighted by atomic mass is 32.2. The zero-order valence-electron chi connectivity index (χ0n) is 21.2. The van der Waals surface area contributed by atoms with E-state index in [9.17, 15) is 33.0 Å². The predicted molar refractivity (Wildman–Crippen MR) is 149 cm³/mol. The molecule has 0 saturated carbocycles. The van der Waals surface area contributed by atoms with Crippen molar-refractivity contribution in [1.82, 2.24) is 9.21 Å². The first-order chi connectivity index (χ1) is 18.1. The number of ketones is 1. The smallest absolute Gasteiger partial charge is 0.327 e. The summed E-state index contributed by atoms with van der Waals surface area (Å²) in [4.78, 5) is 40.2. The lowest BCUT2D eigenvalue weighted by Crippen LogP contribution is -2.47. The number of carboxylic acids is 1. The molecule has 2 aromatic rings. The molecule has 1 aliphatic rings. The zero-order chi connectivity index (χ0) is 28.0. The molecule has 3 rings (SSSR count). The number of aromatic hydroxyl groups is 1. The SMILES string of the molecule is CCCN(CCC)S(=O)(=O)c1ccc(C(=O)[C@H](CS)C(=O)N2[C@@H](c3ccccc3O)SC[C@H]2C(=O)O)cc1. The van der Waals surface area contributed by atoms with Crippen LogP contribution >= 0.6 is 24.4 Å². The molecule has 3 atom stereocenters. The van der Waals surface area contributed by atoms with Crippen molar-refractivity contribution in [2.24, 2.45) is 5.92 Å². The lowest BCUT2D eigenvalue weighted by molar-refractivity contribution is -0.150. The van der Waals surface area contributed by atoms with E-state index in [1.807, 2.05) is 13.8 Å². The Hall–Kier alpha value is -2.54. The zero-order valence-corrected chi connectivity index (χ0v) is 23.7. The lowest BCUT2D eigenvalue weighted by Gasteiger charge is -2.30. The number of hydrogen-bond acceptors (Lipinski definition) is 8. The number of phenolic OH excluding ortho intramolecular Hbond substituents is 1. The molecule has 2 N–H and O–H groups in total. The fourth-order valence-corrected chi connectivity index (χ4v) is 7.75. The van der Waals surface area contributed by atoms with Gasteiger partial charge in [0.25, 0.3) is 0 Å². The molecule has 206 valence electrons. The predicted octanol–water partition coefficient (Wildman–Crippen LogP) is 3.66. The van der Waals surface area contributed by atoms with Crippen LogP contribution in [0.5, 0.6) is 5.75 Å². The molecule has 38 heavy (non-hydrogen) atoms. The fourth-order valence-electron chi connectivity index (χ4n) is 4.35. The Labute approximate surface area is 232 Å². The van der Waals surface area contributed by atoms with Gasteiger partial charge in [0.1, 0.15) is 23.1 Å². The van der Waals surface area contributed by atoms with Gasteiger partial charge in [-0.2, -0.15) is 16.9 Å². The Morgan fingerprint density at radius 1 is 1.08 bits per heavy atom. The second-order valence-corrected chi connectivity index (χ2v) is 12.3. The number of thiol groups is 1. The number of thioether (sulfide) groups is 1. The molecule has 0 radical (unpaired) electrons. The fraction of sp³-hybridized carbons (Fsp3) is 0.423. The van der Waals surface area contributed by atoms with Gasteiger partial charge < -0.3 is 15.1 Å². The van der Waals surface area contributed by atoms with Crippen LogP contribution in [0.15, 0.2) is 53.4 Å². The third-order valence-corrected chi connectivity index (χ3v) is 9.85. The monoisotopic (exact) mass is 580 g/mol. The van der Waals surface area contributed by atoms with Gasteiger partial charge in [0.2, 0.25) is 15.9 Å². The molecular weight excluding hydrogens is 548 g/mol. The van der Waals surface area contributed by atoms with Crippen LogP contribution in [-0.2, 0) is 19.6 Å². The summed E-state index contributed by atoms with van der Waals surface area (Å²) in [5.41, 5.74) is 0.491. The van der Waals surface area contributed by atoms with Crippen molar-refractivity contribution in [3.05, 3.63) is 59.7 Å². The van der Waals surface area contributed by atoms with Gasteiger partial charge in [0.05, 0.1) is 4.90 Å². The Bertz CT molecular complexity index is 1260. The summed E-state index contributed by atoms with van der Waals surface area (Å²) in [5.74, 6) is -4.00. The van der Waals surface area contributed by atoms with Crippen molar-refractivity contribution >= 4 is 52.1 Å². The number of carbonyl (C=O) groups is 3. The molecule has 12 heteroatoms. The number of aliphatic carboxylic acids is 1. The summed E-state index contributed by atoms with van der Waals surface area (Å²) in [6.07, 6.45) is 1.32. The first-order valence-electron chi connectivity index (χ1n) is 12.3. The largest absolute Gasteiger partial charge is 0.508 e. The van der Waals surface area contributed by atoms with Crippen LogP contribution < -0.4 is 0 Å². The Morgan fingerprint density at radius 2 is 1.68 bits per heavy atom. The minimum atomic E-state index is -3.74. The molecule has 0 spiro atoms. The number of hydrogen-bond donors (Lipinski definition) is 3. The first kappa shape index (κ1) is 30.0. The summed E-state index contributed by atoms with van der Waals surface area (Å²) < 4.78 is 27.5. The summed E-state index contributed by atoms with van der Waals surface area (Å²) in [6.45, 7) is 4.55. The van der Waals surface area contributed by atoms with E-state index in [-0.39, 0.29) is 27.7 Å². The second-order valence-electron chi connectivity index (χ2n) is 8.87. The van der Waals surface area contributed by atoms with Gasteiger partial charge in [0.15, 0.2) is 5.78 Å². The van der Waals surface area contributed by atoms with Crippen molar-refractivity contribution < 1.29 is 33.0 Å². The number of amides is 1. The van der Waals surface area contributed by atoms with Crippen molar-refractivity contribution in [1.29, 1.82) is 0 Å². The number of phenols is 1. The quantitative estimate of drug-likeness (QED) is 0.197. The molecule has 0 unspecified atom stereocenters. The van der Waals surface area contributed by atoms with Crippen LogP contribution in [0.1, 0.15) is 48.0 Å². The van der Waals surface area contributed by atoms with Crippen LogP contribution in [0, 0.1) is 5.92 Å². The van der Waals surface area contributed by atoms with Crippen molar-refractivity contribution in [3.63, 3.8) is 0 Å². The molecule has 1 saturated heterocycles. The molecule has 1 amide bonds. The first-order valence-corrected chi connectivity index (χ1v) is 15.4. The van der Waals surface area contributed by atoms with Gasteiger partial charge in [0, 0.05) is 35.7 Å². The topological polar surface area (TPSA) is 132 Å². The van der Waals surface area contributed by atoms with E-state index in [1.54, 1.807) is 18.2 Å². The summed E-state index contributed by atoms with van der Waals surface area (Å²) >= 11 is 5.41. The van der Waals surface area contributed by atoms with Crippen molar-refractivity contribution in [3.8, 4) is 5.75 Å². The van der Waals surface area contributed by atoms with E-state index in [2.05, 4.69) is 12.6 Å². The normalized spacial score (nSPS) is 18.5. The average Bonchev–Trinajstić information content (AvgIpc) is 3.34. The van der Waals surface area contributed by atoms with Crippen LogP contribution in [0.25, 0.3) is 0 Å². The van der Waals surface area contributed by atoms with E-state index in [1.165, 1.54) is 46.4 Å². The van der Waals surface area contributed by atoms with Crippen molar-refractivity contribution in [2.45, 2.75) is 43.0 Å². The van der Waals surface area contributed by atoms with Crippen LogP contribution in [0.2, 0.25) is 0 Å². The number of carboxylic acid groups (broad SMARTS) is 1.